The third-order valence-electron chi connectivity index (χ3n) is 4.88. The summed E-state index contributed by atoms with van der Waals surface area (Å²) in [5, 5.41) is 3.39. The molecule has 21 heavy (non-hydrogen) atoms. The second-order valence-electron chi connectivity index (χ2n) is 6.31. The molecule has 0 radical (unpaired) electrons. The van der Waals surface area contributed by atoms with Crippen LogP contribution in [0.1, 0.15) is 60.5 Å². The van der Waals surface area contributed by atoms with Gasteiger partial charge in [0.15, 0.2) is 0 Å². The number of benzene rings is 1. The lowest BCUT2D eigenvalue weighted by Gasteiger charge is -2.36. The second-order valence-corrected chi connectivity index (χ2v) is 6.31. The van der Waals surface area contributed by atoms with Crippen molar-refractivity contribution in [2.24, 2.45) is 0 Å². The van der Waals surface area contributed by atoms with Crippen molar-refractivity contribution in [2.45, 2.75) is 58.0 Å². The van der Waals surface area contributed by atoms with Crippen molar-refractivity contribution in [3.63, 3.8) is 0 Å². The minimum absolute atomic E-state index is 0.270. The summed E-state index contributed by atoms with van der Waals surface area (Å²) in [4.78, 5) is 15.2. The van der Waals surface area contributed by atoms with Crippen LogP contribution >= 0.6 is 0 Å². The van der Waals surface area contributed by atoms with Crippen LogP contribution in [0.25, 0.3) is 0 Å². The molecular weight excluding hydrogens is 260 g/mol. The molecule has 2 heterocycles. The topological polar surface area (TPSA) is 32.3 Å². The minimum Gasteiger partial charge on any atom is -0.336 e. The third kappa shape index (κ3) is 2.98. The number of amides is 1. The molecule has 2 aliphatic heterocycles. The predicted molar refractivity (Wildman–Crippen MR) is 85.4 cm³/mol. The number of carbonyl (C=O) groups excluding carboxylic acids is 1. The maximum absolute atomic E-state index is 13.1. The van der Waals surface area contributed by atoms with Crippen molar-refractivity contribution in [3.8, 4) is 0 Å². The van der Waals surface area contributed by atoms with Crippen molar-refractivity contribution in [1.29, 1.82) is 0 Å². The summed E-state index contributed by atoms with van der Waals surface area (Å²) in [5.41, 5.74) is 3.54. The number of rotatable bonds is 3. The maximum atomic E-state index is 13.1. The van der Waals surface area contributed by atoms with Crippen molar-refractivity contribution in [1.82, 2.24) is 10.2 Å². The van der Waals surface area contributed by atoms with Crippen LogP contribution in [-0.4, -0.2) is 29.9 Å². The van der Waals surface area contributed by atoms with Gasteiger partial charge in [0, 0.05) is 24.7 Å². The van der Waals surface area contributed by atoms with Gasteiger partial charge in [-0.1, -0.05) is 25.5 Å². The maximum Gasteiger partial charge on any atom is 0.254 e. The first-order valence-electron chi connectivity index (χ1n) is 8.43. The molecule has 1 aromatic rings. The number of carbonyl (C=O) groups is 1. The van der Waals surface area contributed by atoms with E-state index in [4.69, 9.17) is 0 Å². The van der Waals surface area contributed by atoms with Gasteiger partial charge >= 0.3 is 0 Å². The molecule has 0 bridgehead atoms. The summed E-state index contributed by atoms with van der Waals surface area (Å²) in [5.74, 6) is 0.270. The molecular formula is C18H26N2O. The van der Waals surface area contributed by atoms with E-state index in [1.165, 1.54) is 24.0 Å². The number of nitrogens with one attached hydrogen (secondary N) is 1. The van der Waals surface area contributed by atoms with Crippen LogP contribution in [0.15, 0.2) is 18.2 Å². The van der Waals surface area contributed by atoms with Gasteiger partial charge in [-0.25, -0.2) is 0 Å². The largest absolute Gasteiger partial charge is 0.336 e. The van der Waals surface area contributed by atoms with Gasteiger partial charge in [0.1, 0.15) is 0 Å². The number of nitrogens with zero attached hydrogens (tertiary/aromatic N) is 1. The zero-order chi connectivity index (χ0) is 14.7. The van der Waals surface area contributed by atoms with Gasteiger partial charge < -0.3 is 10.2 Å². The van der Waals surface area contributed by atoms with Gasteiger partial charge in [0.25, 0.3) is 5.91 Å². The molecule has 1 aromatic carbocycles. The zero-order valence-electron chi connectivity index (χ0n) is 13.0. The van der Waals surface area contributed by atoms with E-state index in [1.54, 1.807) is 0 Å². The van der Waals surface area contributed by atoms with Crippen LogP contribution in [0, 0.1) is 0 Å². The van der Waals surface area contributed by atoms with E-state index in [9.17, 15) is 4.79 Å². The number of hydrogen-bond donors (Lipinski definition) is 1. The summed E-state index contributed by atoms with van der Waals surface area (Å²) >= 11 is 0. The Labute approximate surface area is 127 Å². The average Bonchev–Trinajstić information content (AvgIpc) is 2.54. The normalized spacial score (nSPS) is 22.0. The first-order valence-corrected chi connectivity index (χ1v) is 8.43. The molecule has 0 saturated carbocycles. The lowest BCUT2D eigenvalue weighted by atomic mass is 9.92. The van der Waals surface area contributed by atoms with Crippen LogP contribution in [0.5, 0.6) is 0 Å². The Bertz CT molecular complexity index is 510. The van der Waals surface area contributed by atoms with Gasteiger partial charge in [-0.3, -0.25) is 4.79 Å². The smallest absolute Gasteiger partial charge is 0.254 e. The molecule has 0 aromatic heterocycles. The fraction of sp³-hybridized carbons (Fsp3) is 0.611. The van der Waals surface area contributed by atoms with E-state index in [0.29, 0.717) is 6.04 Å². The summed E-state index contributed by atoms with van der Waals surface area (Å²) in [7, 11) is 0. The van der Waals surface area contributed by atoms with Crippen molar-refractivity contribution >= 4 is 5.91 Å². The first kappa shape index (κ1) is 14.6. The molecule has 1 fully saturated rings. The number of hydrogen-bond acceptors (Lipinski definition) is 2. The quantitative estimate of drug-likeness (QED) is 0.926. The van der Waals surface area contributed by atoms with E-state index in [0.717, 1.165) is 50.9 Å². The molecule has 3 nitrogen and oxygen atoms in total. The van der Waals surface area contributed by atoms with Crippen LogP contribution in [0.4, 0.5) is 0 Å². The van der Waals surface area contributed by atoms with Gasteiger partial charge in [-0.15, -0.1) is 0 Å². The summed E-state index contributed by atoms with van der Waals surface area (Å²) in [6, 6.07) is 6.67. The number of likely N-dealkylation sites (tertiary alicyclic amines) is 1. The van der Waals surface area contributed by atoms with E-state index >= 15 is 0 Å². The van der Waals surface area contributed by atoms with Gasteiger partial charge in [-0.2, -0.15) is 0 Å². The van der Waals surface area contributed by atoms with Crippen molar-refractivity contribution < 1.29 is 4.79 Å². The Hall–Kier alpha value is -1.35. The van der Waals surface area contributed by atoms with Gasteiger partial charge in [-0.05, 0) is 55.8 Å². The highest BCUT2D eigenvalue weighted by atomic mass is 16.2. The summed E-state index contributed by atoms with van der Waals surface area (Å²) in [6.07, 6.45) is 6.88. The highest BCUT2D eigenvalue weighted by Crippen LogP contribution is 2.26. The first-order chi connectivity index (χ1) is 10.3. The molecule has 3 rings (SSSR count). The summed E-state index contributed by atoms with van der Waals surface area (Å²) < 4.78 is 0. The van der Waals surface area contributed by atoms with Gasteiger partial charge in [0.05, 0.1) is 0 Å². The van der Waals surface area contributed by atoms with Gasteiger partial charge in [0.2, 0.25) is 0 Å². The van der Waals surface area contributed by atoms with Crippen LogP contribution in [0.3, 0.4) is 0 Å². The minimum atomic E-state index is 0.270. The molecule has 1 N–H and O–H groups in total. The standard InChI is InChI=1S/C18H26N2O/c1-2-6-15-8-3-4-12-20(15)18(21)17-9-5-7-14-13-19-11-10-16(14)17/h5,7,9,15,19H,2-4,6,8,10-13H2,1H3. The Morgan fingerprint density at radius 2 is 2.29 bits per heavy atom. The van der Waals surface area contributed by atoms with Crippen molar-refractivity contribution in [2.75, 3.05) is 13.1 Å². The molecule has 1 unspecified atom stereocenters. The Balaban J connectivity index is 1.87. The molecule has 0 aliphatic carbocycles. The van der Waals surface area contributed by atoms with E-state index in [1.807, 2.05) is 12.1 Å². The Morgan fingerprint density at radius 1 is 1.38 bits per heavy atom. The zero-order valence-corrected chi connectivity index (χ0v) is 13.0. The molecule has 2 aliphatic rings. The molecule has 1 atom stereocenters. The molecule has 0 spiro atoms. The van der Waals surface area contributed by atoms with Crippen LogP contribution in [-0.2, 0) is 13.0 Å². The average molecular weight is 286 g/mol. The SMILES string of the molecule is CCCC1CCCCN1C(=O)c1cccc2c1CCNC2. The number of piperidine rings is 1. The fourth-order valence-electron chi connectivity index (χ4n) is 3.79. The predicted octanol–water partition coefficient (Wildman–Crippen LogP) is 3.13. The lowest BCUT2D eigenvalue weighted by molar-refractivity contribution is 0.0599. The molecule has 1 saturated heterocycles. The van der Waals surface area contributed by atoms with E-state index in [-0.39, 0.29) is 5.91 Å². The monoisotopic (exact) mass is 286 g/mol. The van der Waals surface area contributed by atoms with E-state index in [2.05, 4.69) is 23.2 Å². The lowest BCUT2D eigenvalue weighted by Crippen LogP contribution is -2.44. The highest BCUT2D eigenvalue weighted by molar-refractivity contribution is 5.96. The second kappa shape index (κ2) is 6.61. The third-order valence-corrected chi connectivity index (χ3v) is 4.88. The highest BCUT2D eigenvalue weighted by Gasteiger charge is 2.28. The Morgan fingerprint density at radius 3 is 3.14 bits per heavy atom. The van der Waals surface area contributed by atoms with Crippen LogP contribution in [0.2, 0.25) is 0 Å². The molecule has 3 heteroatoms. The Kier molecular flexibility index (Phi) is 4.59. The van der Waals surface area contributed by atoms with Crippen LogP contribution < -0.4 is 5.32 Å². The molecule has 114 valence electrons. The summed E-state index contributed by atoms with van der Waals surface area (Å²) in [6.45, 7) is 5.03. The molecule has 1 amide bonds. The van der Waals surface area contributed by atoms with Crippen molar-refractivity contribution in [3.05, 3.63) is 34.9 Å². The fourth-order valence-corrected chi connectivity index (χ4v) is 3.79. The van der Waals surface area contributed by atoms with E-state index < -0.39 is 0 Å². The number of fused-ring (bicyclic) bond motifs is 1.